The normalized spacial score (nSPS) is 11.1. The SMILES string of the molecule is COc1ccc(NC(=O)CCCCCn2c(SCc3ccc(F)cc3Cl)nc3ccsc3c2=O)cc1. The number of carbonyl (C=O) groups is 1. The highest BCUT2D eigenvalue weighted by atomic mass is 35.5. The fraction of sp³-hybridized carbons (Fsp3) is 0.269. The molecule has 4 rings (SSSR count). The van der Waals surface area contributed by atoms with Crippen molar-refractivity contribution in [2.24, 2.45) is 0 Å². The molecule has 36 heavy (non-hydrogen) atoms. The third kappa shape index (κ3) is 6.66. The van der Waals surface area contributed by atoms with Crippen molar-refractivity contribution in [2.45, 2.75) is 43.1 Å². The molecule has 0 unspecified atom stereocenters. The van der Waals surface area contributed by atoms with Crippen LogP contribution >= 0.6 is 34.7 Å². The van der Waals surface area contributed by atoms with Crippen molar-refractivity contribution in [1.82, 2.24) is 9.55 Å². The number of amides is 1. The van der Waals surface area contributed by atoms with Crippen molar-refractivity contribution in [2.75, 3.05) is 12.4 Å². The molecule has 0 radical (unpaired) electrons. The minimum absolute atomic E-state index is 0.0496. The molecule has 188 valence electrons. The number of anilines is 1. The maximum Gasteiger partial charge on any atom is 0.272 e. The predicted molar refractivity (Wildman–Crippen MR) is 145 cm³/mol. The van der Waals surface area contributed by atoms with Gasteiger partial charge in [-0.3, -0.25) is 14.2 Å². The van der Waals surface area contributed by atoms with Gasteiger partial charge < -0.3 is 10.1 Å². The molecule has 0 saturated heterocycles. The average Bonchev–Trinajstić information content (AvgIpc) is 3.34. The van der Waals surface area contributed by atoms with Crippen LogP contribution in [0.3, 0.4) is 0 Å². The van der Waals surface area contributed by atoms with Crippen molar-refractivity contribution in [1.29, 1.82) is 0 Å². The second kappa shape index (κ2) is 12.4. The van der Waals surface area contributed by atoms with Crippen LogP contribution in [0.1, 0.15) is 31.2 Å². The molecule has 10 heteroatoms. The van der Waals surface area contributed by atoms with E-state index in [-0.39, 0.29) is 17.3 Å². The number of thioether (sulfide) groups is 1. The summed E-state index contributed by atoms with van der Waals surface area (Å²) in [6.07, 6.45) is 2.63. The van der Waals surface area contributed by atoms with E-state index in [1.807, 2.05) is 11.4 Å². The number of fused-ring (bicyclic) bond motifs is 1. The molecular weight excluding hydrogens is 521 g/mol. The second-order valence-electron chi connectivity index (χ2n) is 8.10. The molecule has 2 heterocycles. The lowest BCUT2D eigenvalue weighted by atomic mass is 10.2. The highest BCUT2D eigenvalue weighted by Crippen LogP contribution is 2.28. The van der Waals surface area contributed by atoms with Crippen LogP contribution in [0.25, 0.3) is 10.2 Å². The molecule has 0 saturated carbocycles. The van der Waals surface area contributed by atoms with Crippen LogP contribution in [0.4, 0.5) is 10.1 Å². The van der Waals surface area contributed by atoms with Crippen molar-refractivity contribution in [3.63, 3.8) is 0 Å². The summed E-state index contributed by atoms with van der Waals surface area (Å²) in [6, 6.07) is 13.3. The van der Waals surface area contributed by atoms with Crippen LogP contribution in [0.15, 0.2) is 63.9 Å². The Morgan fingerprint density at radius 2 is 1.97 bits per heavy atom. The molecule has 4 aromatic rings. The molecule has 2 aromatic heterocycles. The van der Waals surface area contributed by atoms with E-state index in [2.05, 4.69) is 5.32 Å². The van der Waals surface area contributed by atoms with Gasteiger partial charge in [0.05, 0.1) is 12.6 Å². The fourth-order valence-corrected chi connectivity index (χ4v) is 5.76. The van der Waals surface area contributed by atoms with E-state index in [4.69, 9.17) is 21.3 Å². The molecule has 0 bridgehead atoms. The van der Waals surface area contributed by atoms with Gasteiger partial charge >= 0.3 is 0 Å². The molecule has 0 aliphatic rings. The Morgan fingerprint density at radius 1 is 1.17 bits per heavy atom. The molecule has 0 aliphatic heterocycles. The van der Waals surface area contributed by atoms with E-state index >= 15 is 0 Å². The highest BCUT2D eigenvalue weighted by Gasteiger charge is 2.14. The molecule has 0 spiro atoms. The summed E-state index contributed by atoms with van der Waals surface area (Å²) >= 11 is 8.95. The monoisotopic (exact) mass is 545 g/mol. The summed E-state index contributed by atoms with van der Waals surface area (Å²) in [7, 11) is 1.60. The van der Waals surface area contributed by atoms with Crippen LogP contribution in [0.2, 0.25) is 5.02 Å². The Kier molecular flexibility index (Phi) is 9.01. The standard InChI is InChI=1S/C26H25ClFN3O3S2/c1-34-20-10-8-19(9-11-20)29-23(32)5-3-2-4-13-31-25(33)24-22(12-14-35-24)30-26(31)36-16-17-6-7-18(28)15-21(17)27/h6-12,14-15H,2-5,13,16H2,1H3,(H,29,32). The van der Waals surface area contributed by atoms with Gasteiger partial charge in [-0.1, -0.05) is 35.9 Å². The third-order valence-corrected chi connectivity index (χ3v) is 7.83. The number of nitrogens with one attached hydrogen (secondary N) is 1. The smallest absolute Gasteiger partial charge is 0.272 e. The summed E-state index contributed by atoms with van der Waals surface area (Å²) in [5.74, 6) is 0.761. The van der Waals surface area contributed by atoms with Gasteiger partial charge in [-0.25, -0.2) is 9.37 Å². The molecule has 0 fully saturated rings. The first-order chi connectivity index (χ1) is 17.4. The number of halogens is 2. The summed E-state index contributed by atoms with van der Waals surface area (Å²) in [5.41, 5.74) is 2.10. The molecule has 2 aromatic carbocycles. The van der Waals surface area contributed by atoms with Crippen LogP contribution in [0, 0.1) is 5.82 Å². The van der Waals surface area contributed by atoms with E-state index in [1.54, 1.807) is 42.0 Å². The predicted octanol–water partition coefficient (Wildman–Crippen LogP) is 6.75. The van der Waals surface area contributed by atoms with Crippen LogP contribution in [-0.2, 0) is 17.1 Å². The zero-order chi connectivity index (χ0) is 25.5. The molecule has 0 aliphatic carbocycles. The van der Waals surface area contributed by atoms with E-state index in [0.29, 0.717) is 45.5 Å². The first-order valence-corrected chi connectivity index (χ1v) is 13.7. The minimum Gasteiger partial charge on any atom is -0.497 e. The number of carbonyl (C=O) groups excluding carboxylic acids is 1. The van der Waals surface area contributed by atoms with E-state index in [0.717, 1.165) is 29.8 Å². The zero-order valence-corrected chi connectivity index (χ0v) is 22.0. The number of thiophene rings is 1. The van der Waals surface area contributed by atoms with Gasteiger partial charge in [-0.15, -0.1) is 11.3 Å². The van der Waals surface area contributed by atoms with Gasteiger partial charge in [-0.05, 0) is 66.2 Å². The van der Waals surface area contributed by atoms with Gasteiger partial charge in [0.1, 0.15) is 16.3 Å². The Balaban J connectivity index is 1.34. The maximum atomic E-state index is 13.4. The average molecular weight is 546 g/mol. The van der Waals surface area contributed by atoms with Gasteiger partial charge in [-0.2, -0.15) is 0 Å². The van der Waals surface area contributed by atoms with Gasteiger partial charge in [0.15, 0.2) is 5.16 Å². The highest BCUT2D eigenvalue weighted by molar-refractivity contribution is 7.98. The van der Waals surface area contributed by atoms with Gasteiger partial charge in [0.2, 0.25) is 5.91 Å². The molecule has 0 atom stereocenters. The number of ether oxygens (including phenoxy) is 1. The van der Waals surface area contributed by atoms with Crippen molar-refractivity contribution < 1.29 is 13.9 Å². The number of benzene rings is 2. The third-order valence-electron chi connectivity index (χ3n) is 5.56. The summed E-state index contributed by atoms with van der Waals surface area (Å²) in [4.78, 5) is 30.1. The van der Waals surface area contributed by atoms with E-state index in [9.17, 15) is 14.0 Å². The molecule has 1 amide bonds. The number of unbranched alkanes of at least 4 members (excludes halogenated alkanes) is 2. The number of hydrogen-bond donors (Lipinski definition) is 1. The molecule has 6 nitrogen and oxygen atoms in total. The summed E-state index contributed by atoms with van der Waals surface area (Å²) in [6.45, 7) is 0.499. The topological polar surface area (TPSA) is 73.2 Å². The Morgan fingerprint density at radius 3 is 2.72 bits per heavy atom. The Hall–Kier alpha value is -2.88. The van der Waals surface area contributed by atoms with Crippen molar-refractivity contribution in [3.8, 4) is 5.75 Å². The number of nitrogens with zero attached hydrogens (tertiary/aromatic N) is 2. The largest absolute Gasteiger partial charge is 0.497 e. The number of hydrogen-bond acceptors (Lipinski definition) is 6. The number of aromatic nitrogens is 2. The lowest BCUT2D eigenvalue weighted by Crippen LogP contribution is -2.22. The van der Waals surface area contributed by atoms with Crippen LogP contribution in [-0.4, -0.2) is 22.6 Å². The second-order valence-corrected chi connectivity index (χ2v) is 10.4. The fourth-order valence-electron chi connectivity index (χ4n) is 3.64. The van der Waals surface area contributed by atoms with Crippen molar-refractivity contribution in [3.05, 3.63) is 80.7 Å². The zero-order valence-electron chi connectivity index (χ0n) is 19.6. The summed E-state index contributed by atoms with van der Waals surface area (Å²) in [5, 5.41) is 5.69. The van der Waals surface area contributed by atoms with E-state index < -0.39 is 0 Å². The Bertz CT molecular complexity index is 1410. The lowest BCUT2D eigenvalue weighted by Gasteiger charge is -2.12. The quantitative estimate of drug-likeness (QED) is 0.128. The lowest BCUT2D eigenvalue weighted by molar-refractivity contribution is -0.116. The maximum absolute atomic E-state index is 13.4. The first-order valence-electron chi connectivity index (χ1n) is 11.4. The van der Waals surface area contributed by atoms with Gasteiger partial charge in [0, 0.05) is 29.4 Å². The summed E-state index contributed by atoms with van der Waals surface area (Å²) < 4.78 is 20.8. The van der Waals surface area contributed by atoms with Crippen molar-refractivity contribution >= 4 is 56.5 Å². The van der Waals surface area contributed by atoms with Crippen LogP contribution < -0.4 is 15.6 Å². The molecular formula is C26H25ClFN3O3S2. The number of methoxy groups -OCH3 is 1. The van der Waals surface area contributed by atoms with E-state index in [1.165, 1.54) is 35.2 Å². The molecule has 1 N–H and O–H groups in total. The minimum atomic E-state index is -0.388. The Labute approximate surface area is 221 Å². The first kappa shape index (κ1) is 26.2. The van der Waals surface area contributed by atoms with Crippen LogP contribution in [0.5, 0.6) is 5.75 Å². The number of rotatable bonds is 11. The van der Waals surface area contributed by atoms with Gasteiger partial charge in [0.25, 0.3) is 5.56 Å².